The molecule has 0 radical (unpaired) electrons. The van der Waals surface area contributed by atoms with Gasteiger partial charge in [-0.05, 0) is 29.5 Å². The second-order valence-corrected chi connectivity index (χ2v) is 6.63. The average Bonchev–Trinajstić information content (AvgIpc) is 2.64. The highest BCUT2D eigenvalue weighted by molar-refractivity contribution is 5.45. The second kappa shape index (κ2) is 6.08. The zero-order valence-electron chi connectivity index (χ0n) is 13.4. The molecular formula is C20H24N2O. The minimum Gasteiger partial charge on any atom is -0.379 e. The normalized spacial score (nSPS) is 28.3. The predicted octanol–water partition coefficient (Wildman–Crippen LogP) is 2.14. The third-order valence-electron chi connectivity index (χ3n) is 5.40. The Morgan fingerprint density at radius 1 is 0.957 bits per heavy atom. The fraction of sp³-hybridized carbons (Fsp3) is 0.400. The third kappa shape index (κ3) is 2.49. The van der Waals surface area contributed by atoms with E-state index in [4.69, 9.17) is 0 Å². The lowest BCUT2D eigenvalue weighted by atomic mass is 9.71. The first-order valence-corrected chi connectivity index (χ1v) is 8.61. The first-order valence-electron chi connectivity index (χ1n) is 8.61. The summed E-state index contributed by atoms with van der Waals surface area (Å²) in [6.45, 7) is 4.01. The Kier molecular flexibility index (Phi) is 3.93. The molecule has 2 aromatic carbocycles. The van der Waals surface area contributed by atoms with Crippen molar-refractivity contribution < 1.29 is 5.11 Å². The maximum absolute atomic E-state index is 11.9. The summed E-state index contributed by atoms with van der Waals surface area (Å²) >= 11 is 0. The summed E-state index contributed by atoms with van der Waals surface area (Å²) in [5, 5.41) is 15.4. The Balaban J connectivity index is 1.83. The fourth-order valence-electron chi connectivity index (χ4n) is 4.27. The lowest BCUT2D eigenvalue weighted by Gasteiger charge is -2.48. The van der Waals surface area contributed by atoms with Crippen LogP contribution in [-0.4, -0.2) is 42.2 Å². The highest BCUT2D eigenvalue weighted by Gasteiger charge is 2.46. The van der Waals surface area contributed by atoms with Gasteiger partial charge in [-0.2, -0.15) is 0 Å². The number of benzene rings is 2. The van der Waals surface area contributed by atoms with Crippen LogP contribution in [0.5, 0.6) is 0 Å². The van der Waals surface area contributed by atoms with Crippen LogP contribution in [-0.2, 0) is 12.0 Å². The molecule has 2 N–H and O–H groups in total. The molecule has 2 aliphatic rings. The van der Waals surface area contributed by atoms with E-state index in [1.54, 1.807) is 0 Å². The van der Waals surface area contributed by atoms with Crippen molar-refractivity contribution in [1.82, 2.24) is 10.2 Å². The Hall–Kier alpha value is -1.68. The van der Waals surface area contributed by atoms with Crippen LogP contribution in [0.15, 0.2) is 54.6 Å². The van der Waals surface area contributed by atoms with Gasteiger partial charge in [0, 0.05) is 32.2 Å². The van der Waals surface area contributed by atoms with Gasteiger partial charge in [0.2, 0.25) is 0 Å². The van der Waals surface area contributed by atoms with Crippen LogP contribution in [0.1, 0.15) is 23.1 Å². The molecule has 1 fully saturated rings. The number of hydrogen-bond donors (Lipinski definition) is 2. The van der Waals surface area contributed by atoms with Gasteiger partial charge in [-0.15, -0.1) is 0 Å². The molecule has 0 unspecified atom stereocenters. The smallest absolute Gasteiger partial charge is 0.130 e. The maximum atomic E-state index is 11.9. The quantitative estimate of drug-likeness (QED) is 0.892. The zero-order chi connectivity index (χ0) is 15.7. The number of nitrogens with one attached hydrogen (secondary N) is 1. The maximum Gasteiger partial charge on any atom is 0.130 e. The standard InChI is InChI=1S/C20H24N2O/c23-20(17-7-2-1-3-8-17)18-9-5-4-6-16(18)10-11-19(20)22-14-12-21-13-15-22/h1-9,19,21,23H,10-15H2/t19-,20-/m1/s1. The number of nitrogens with zero attached hydrogens (tertiary/aromatic N) is 1. The van der Waals surface area contributed by atoms with Gasteiger partial charge in [0.25, 0.3) is 0 Å². The summed E-state index contributed by atoms with van der Waals surface area (Å²) in [6.07, 6.45) is 2.04. The molecule has 0 amide bonds. The molecule has 0 aromatic heterocycles. The Bertz CT molecular complexity index is 666. The van der Waals surface area contributed by atoms with Crippen molar-refractivity contribution in [2.45, 2.75) is 24.5 Å². The second-order valence-electron chi connectivity index (χ2n) is 6.63. The average molecular weight is 308 g/mol. The molecule has 1 saturated heterocycles. The van der Waals surface area contributed by atoms with Crippen molar-refractivity contribution >= 4 is 0 Å². The number of fused-ring (bicyclic) bond motifs is 1. The van der Waals surface area contributed by atoms with Crippen molar-refractivity contribution in [3.8, 4) is 0 Å². The summed E-state index contributed by atoms with van der Waals surface area (Å²) in [4.78, 5) is 2.47. The number of rotatable bonds is 2. The minimum absolute atomic E-state index is 0.141. The fourth-order valence-corrected chi connectivity index (χ4v) is 4.27. The summed E-state index contributed by atoms with van der Waals surface area (Å²) in [6, 6.07) is 18.7. The van der Waals surface area contributed by atoms with Crippen LogP contribution in [0.4, 0.5) is 0 Å². The van der Waals surface area contributed by atoms with E-state index in [1.807, 2.05) is 24.3 Å². The van der Waals surface area contributed by atoms with Gasteiger partial charge in [-0.3, -0.25) is 4.90 Å². The number of aliphatic hydroxyl groups is 1. The number of aryl methyl sites for hydroxylation is 1. The van der Waals surface area contributed by atoms with Crippen LogP contribution in [0.2, 0.25) is 0 Å². The van der Waals surface area contributed by atoms with E-state index in [2.05, 4.69) is 40.5 Å². The number of hydrogen-bond acceptors (Lipinski definition) is 3. The van der Waals surface area contributed by atoms with E-state index in [0.29, 0.717) is 0 Å². The van der Waals surface area contributed by atoms with Crippen molar-refractivity contribution in [2.24, 2.45) is 0 Å². The summed E-state index contributed by atoms with van der Waals surface area (Å²) in [5.74, 6) is 0. The molecule has 2 atom stereocenters. The van der Waals surface area contributed by atoms with E-state index >= 15 is 0 Å². The summed E-state index contributed by atoms with van der Waals surface area (Å²) in [7, 11) is 0. The molecule has 1 aliphatic carbocycles. The van der Waals surface area contributed by atoms with Crippen LogP contribution in [0, 0.1) is 0 Å². The molecular weight excluding hydrogens is 284 g/mol. The van der Waals surface area contributed by atoms with Gasteiger partial charge in [-0.1, -0.05) is 54.6 Å². The van der Waals surface area contributed by atoms with Crippen LogP contribution in [0.3, 0.4) is 0 Å². The zero-order valence-corrected chi connectivity index (χ0v) is 13.4. The monoisotopic (exact) mass is 308 g/mol. The molecule has 23 heavy (non-hydrogen) atoms. The summed E-state index contributed by atoms with van der Waals surface area (Å²) < 4.78 is 0. The van der Waals surface area contributed by atoms with Crippen molar-refractivity contribution in [1.29, 1.82) is 0 Å². The molecule has 3 nitrogen and oxygen atoms in total. The topological polar surface area (TPSA) is 35.5 Å². The predicted molar refractivity (Wildman–Crippen MR) is 92.4 cm³/mol. The number of piperazine rings is 1. The molecule has 4 rings (SSSR count). The van der Waals surface area contributed by atoms with E-state index in [1.165, 1.54) is 5.56 Å². The Labute approximate surface area is 138 Å². The highest BCUT2D eigenvalue weighted by Crippen LogP contribution is 2.43. The first-order chi connectivity index (χ1) is 11.3. The molecule has 120 valence electrons. The van der Waals surface area contributed by atoms with Gasteiger partial charge >= 0.3 is 0 Å². The van der Waals surface area contributed by atoms with Gasteiger partial charge in [0.1, 0.15) is 5.60 Å². The summed E-state index contributed by atoms with van der Waals surface area (Å²) in [5.41, 5.74) is 2.45. The third-order valence-corrected chi connectivity index (χ3v) is 5.40. The van der Waals surface area contributed by atoms with Gasteiger partial charge in [0.05, 0.1) is 0 Å². The van der Waals surface area contributed by atoms with E-state index in [0.717, 1.165) is 50.1 Å². The molecule has 0 bridgehead atoms. The lowest BCUT2D eigenvalue weighted by Crippen LogP contribution is -2.58. The minimum atomic E-state index is -0.923. The molecule has 2 aromatic rings. The lowest BCUT2D eigenvalue weighted by molar-refractivity contribution is -0.0357. The van der Waals surface area contributed by atoms with E-state index in [-0.39, 0.29) is 6.04 Å². The van der Waals surface area contributed by atoms with Crippen LogP contribution in [0.25, 0.3) is 0 Å². The van der Waals surface area contributed by atoms with Gasteiger partial charge < -0.3 is 10.4 Å². The molecule has 1 aliphatic heterocycles. The molecule has 0 saturated carbocycles. The molecule has 1 heterocycles. The largest absolute Gasteiger partial charge is 0.379 e. The van der Waals surface area contributed by atoms with Crippen molar-refractivity contribution in [3.63, 3.8) is 0 Å². The van der Waals surface area contributed by atoms with Gasteiger partial charge in [0.15, 0.2) is 0 Å². The van der Waals surface area contributed by atoms with Crippen LogP contribution < -0.4 is 5.32 Å². The molecule has 0 spiro atoms. The van der Waals surface area contributed by atoms with Crippen LogP contribution >= 0.6 is 0 Å². The SMILES string of the molecule is O[C@]1(c2ccccc2)c2ccccc2CC[C@H]1N1CCNCC1. The molecule has 3 heteroatoms. The highest BCUT2D eigenvalue weighted by atomic mass is 16.3. The Morgan fingerprint density at radius 3 is 2.43 bits per heavy atom. The van der Waals surface area contributed by atoms with Crippen molar-refractivity contribution in [3.05, 3.63) is 71.3 Å². The Morgan fingerprint density at radius 2 is 1.65 bits per heavy atom. The van der Waals surface area contributed by atoms with E-state index in [9.17, 15) is 5.11 Å². The van der Waals surface area contributed by atoms with E-state index < -0.39 is 5.60 Å². The first kappa shape index (κ1) is 14.9. The van der Waals surface area contributed by atoms with Crippen molar-refractivity contribution in [2.75, 3.05) is 26.2 Å². The van der Waals surface area contributed by atoms with Gasteiger partial charge in [-0.25, -0.2) is 0 Å².